The van der Waals surface area contributed by atoms with E-state index >= 15 is 0 Å². The maximum Gasteiger partial charge on any atom is 0.319 e. The molecule has 1 saturated heterocycles. The lowest BCUT2D eigenvalue weighted by molar-refractivity contribution is -0.915. The Kier molecular flexibility index (Phi) is 7.80. The van der Waals surface area contributed by atoms with Gasteiger partial charge >= 0.3 is 6.03 Å². The average Bonchev–Trinajstić information content (AvgIpc) is 2.66. The number of benzene rings is 1. The van der Waals surface area contributed by atoms with Gasteiger partial charge in [0.2, 0.25) is 5.75 Å². The van der Waals surface area contributed by atoms with Crippen molar-refractivity contribution in [2.45, 2.75) is 39.2 Å². The van der Waals surface area contributed by atoms with Crippen molar-refractivity contribution in [3.05, 3.63) is 12.1 Å². The Morgan fingerprint density at radius 2 is 1.61 bits per heavy atom. The van der Waals surface area contributed by atoms with E-state index in [4.69, 9.17) is 14.2 Å². The molecule has 1 unspecified atom stereocenters. The number of methoxy groups -OCH3 is 3. The standard InChI is InChI=1S/C21H35N3O4/c1-15(2)17(14-24(3)10-8-7-9-11-24)23-21(25)22-16-12-18(26-4)20(28-6)19(13-16)27-5/h12-13,15,17H,7-11,14H2,1-6H3,(H-,22,23,25)/p+1. The Bertz CT molecular complexity index is 632. The summed E-state index contributed by atoms with van der Waals surface area (Å²) in [5.74, 6) is 1.86. The van der Waals surface area contributed by atoms with Crippen LogP contribution in [-0.4, -0.2) is 64.6 Å². The molecule has 2 rings (SSSR count). The zero-order valence-corrected chi connectivity index (χ0v) is 18.1. The molecule has 1 aliphatic rings. The summed E-state index contributed by atoms with van der Waals surface area (Å²) >= 11 is 0. The molecule has 2 amide bonds. The summed E-state index contributed by atoms with van der Waals surface area (Å²) in [6.07, 6.45) is 3.84. The van der Waals surface area contributed by atoms with E-state index in [2.05, 4.69) is 31.5 Å². The van der Waals surface area contributed by atoms with E-state index in [1.807, 2.05) is 0 Å². The first-order valence-electron chi connectivity index (χ1n) is 10.0. The number of carbonyl (C=O) groups is 1. The molecule has 1 atom stereocenters. The zero-order valence-electron chi connectivity index (χ0n) is 18.1. The maximum absolute atomic E-state index is 12.7. The monoisotopic (exact) mass is 394 g/mol. The number of quaternary nitrogens is 1. The number of nitrogens with zero attached hydrogens (tertiary/aromatic N) is 1. The van der Waals surface area contributed by atoms with Gasteiger partial charge in [0.1, 0.15) is 0 Å². The number of hydrogen-bond acceptors (Lipinski definition) is 4. The van der Waals surface area contributed by atoms with E-state index in [0.717, 1.165) is 11.0 Å². The molecule has 1 heterocycles. The Hall–Kier alpha value is -2.15. The third-order valence-corrected chi connectivity index (χ3v) is 5.58. The van der Waals surface area contributed by atoms with Gasteiger partial charge in [0.15, 0.2) is 11.5 Å². The number of nitrogens with one attached hydrogen (secondary N) is 2. The maximum atomic E-state index is 12.7. The lowest BCUT2D eigenvalue weighted by Gasteiger charge is -2.41. The summed E-state index contributed by atoms with van der Waals surface area (Å²) < 4.78 is 17.1. The number of likely N-dealkylation sites (tertiary alicyclic amines) is 1. The van der Waals surface area contributed by atoms with Gasteiger partial charge in [0, 0.05) is 12.1 Å². The van der Waals surface area contributed by atoms with Crippen molar-refractivity contribution in [2.24, 2.45) is 5.92 Å². The molecule has 0 aliphatic carbocycles. The number of ether oxygens (including phenoxy) is 3. The van der Waals surface area contributed by atoms with Gasteiger partial charge in [0.05, 0.1) is 59.7 Å². The van der Waals surface area contributed by atoms with E-state index in [1.165, 1.54) is 32.4 Å². The normalized spacial score (nSPS) is 17.0. The third-order valence-electron chi connectivity index (χ3n) is 5.58. The number of hydrogen-bond donors (Lipinski definition) is 2. The van der Waals surface area contributed by atoms with Crippen molar-refractivity contribution in [3.63, 3.8) is 0 Å². The molecular formula is C21H36N3O4+. The minimum absolute atomic E-state index is 0.102. The van der Waals surface area contributed by atoms with Gasteiger partial charge in [-0.1, -0.05) is 13.8 Å². The number of carbonyl (C=O) groups excluding carboxylic acids is 1. The van der Waals surface area contributed by atoms with Crippen molar-refractivity contribution in [3.8, 4) is 17.2 Å². The van der Waals surface area contributed by atoms with E-state index in [-0.39, 0.29) is 12.1 Å². The topological polar surface area (TPSA) is 68.8 Å². The van der Waals surface area contributed by atoms with Crippen LogP contribution in [0.15, 0.2) is 12.1 Å². The SMILES string of the molecule is COc1cc(NC(=O)NC(C[N+]2(C)CCCCC2)C(C)C)cc(OC)c1OC. The van der Waals surface area contributed by atoms with Crippen molar-refractivity contribution >= 4 is 11.7 Å². The minimum atomic E-state index is -0.225. The van der Waals surface area contributed by atoms with Crippen LogP contribution in [0, 0.1) is 5.92 Å². The second-order valence-corrected chi connectivity index (χ2v) is 8.17. The number of rotatable bonds is 8. The van der Waals surface area contributed by atoms with Gasteiger partial charge in [-0.25, -0.2) is 4.79 Å². The van der Waals surface area contributed by atoms with E-state index < -0.39 is 0 Å². The Balaban J connectivity index is 2.08. The summed E-state index contributed by atoms with van der Waals surface area (Å²) in [6.45, 7) is 7.61. The quantitative estimate of drug-likeness (QED) is 0.662. The molecule has 1 fully saturated rings. The lowest BCUT2D eigenvalue weighted by Crippen LogP contribution is -2.57. The second-order valence-electron chi connectivity index (χ2n) is 8.17. The molecule has 28 heavy (non-hydrogen) atoms. The van der Waals surface area contributed by atoms with Crippen molar-refractivity contribution in [1.29, 1.82) is 0 Å². The predicted octanol–water partition coefficient (Wildman–Crippen LogP) is 3.49. The summed E-state index contributed by atoms with van der Waals surface area (Å²) in [7, 11) is 6.96. The first kappa shape index (κ1) is 22.1. The van der Waals surface area contributed by atoms with Gasteiger partial charge in [-0.3, -0.25) is 0 Å². The molecule has 0 radical (unpaired) electrons. The predicted molar refractivity (Wildman–Crippen MR) is 112 cm³/mol. The van der Waals surface area contributed by atoms with E-state index in [9.17, 15) is 4.79 Å². The first-order valence-corrected chi connectivity index (χ1v) is 10.0. The number of piperidine rings is 1. The molecule has 1 aromatic rings. The highest BCUT2D eigenvalue weighted by molar-refractivity contribution is 5.90. The highest BCUT2D eigenvalue weighted by Crippen LogP contribution is 2.39. The minimum Gasteiger partial charge on any atom is -0.493 e. The molecule has 2 N–H and O–H groups in total. The Morgan fingerprint density at radius 1 is 1.04 bits per heavy atom. The second kappa shape index (κ2) is 9.87. The number of urea groups is 1. The van der Waals surface area contributed by atoms with Crippen molar-refractivity contribution < 1.29 is 23.5 Å². The van der Waals surface area contributed by atoms with Crippen LogP contribution in [0.4, 0.5) is 10.5 Å². The first-order chi connectivity index (χ1) is 13.3. The Labute approximate surface area is 168 Å². The highest BCUT2D eigenvalue weighted by Gasteiger charge is 2.31. The van der Waals surface area contributed by atoms with Crippen LogP contribution in [0.5, 0.6) is 17.2 Å². The fourth-order valence-electron chi connectivity index (χ4n) is 3.85. The van der Waals surface area contributed by atoms with Crippen molar-refractivity contribution in [2.75, 3.05) is 53.3 Å². The number of likely N-dealkylation sites (N-methyl/N-ethyl adjacent to an activating group) is 1. The van der Waals surface area contributed by atoms with Crippen LogP contribution in [0.3, 0.4) is 0 Å². The summed E-state index contributed by atoms with van der Waals surface area (Å²) in [4.78, 5) is 12.7. The molecule has 0 aromatic heterocycles. The molecular weight excluding hydrogens is 358 g/mol. The van der Waals surface area contributed by atoms with Crippen LogP contribution in [-0.2, 0) is 0 Å². The molecule has 7 nitrogen and oxygen atoms in total. The molecule has 0 spiro atoms. The average molecular weight is 395 g/mol. The summed E-state index contributed by atoms with van der Waals surface area (Å²) in [5.41, 5.74) is 0.591. The molecule has 1 aromatic carbocycles. The molecule has 0 saturated carbocycles. The molecule has 7 heteroatoms. The summed E-state index contributed by atoms with van der Waals surface area (Å²) in [6, 6.07) is 3.33. The fraction of sp³-hybridized carbons (Fsp3) is 0.667. The van der Waals surface area contributed by atoms with E-state index in [1.54, 1.807) is 33.5 Å². The molecule has 0 bridgehead atoms. The lowest BCUT2D eigenvalue weighted by atomic mass is 10.0. The number of amides is 2. The fourth-order valence-corrected chi connectivity index (χ4v) is 3.85. The van der Waals surface area contributed by atoms with Crippen LogP contribution in [0.1, 0.15) is 33.1 Å². The summed E-state index contributed by atoms with van der Waals surface area (Å²) in [5, 5.41) is 6.07. The highest BCUT2D eigenvalue weighted by atomic mass is 16.5. The van der Waals surface area contributed by atoms with Gasteiger partial charge in [0.25, 0.3) is 0 Å². The van der Waals surface area contributed by atoms with Crippen LogP contribution >= 0.6 is 0 Å². The van der Waals surface area contributed by atoms with Crippen LogP contribution in [0.25, 0.3) is 0 Å². The van der Waals surface area contributed by atoms with Gasteiger partial charge in [-0.05, 0) is 25.2 Å². The van der Waals surface area contributed by atoms with Gasteiger partial charge < -0.3 is 29.3 Å². The molecule has 158 valence electrons. The Morgan fingerprint density at radius 3 is 2.07 bits per heavy atom. The molecule has 1 aliphatic heterocycles. The number of anilines is 1. The third kappa shape index (κ3) is 5.67. The van der Waals surface area contributed by atoms with Crippen LogP contribution in [0.2, 0.25) is 0 Å². The smallest absolute Gasteiger partial charge is 0.319 e. The van der Waals surface area contributed by atoms with Crippen LogP contribution < -0.4 is 24.8 Å². The van der Waals surface area contributed by atoms with E-state index in [0.29, 0.717) is 28.9 Å². The van der Waals surface area contributed by atoms with Gasteiger partial charge in [-0.2, -0.15) is 0 Å². The van der Waals surface area contributed by atoms with Gasteiger partial charge in [-0.15, -0.1) is 0 Å². The largest absolute Gasteiger partial charge is 0.493 e. The van der Waals surface area contributed by atoms with Crippen molar-refractivity contribution in [1.82, 2.24) is 5.32 Å². The zero-order chi connectivity index (χ0) is 20.7.